The van der Waals surface area contributed by atoms with E-state index in [-0.39, 0.29) is 12.4 Å². The molecule has 0 amide bonds. The fourth-order valence-corrected chi connectivity index (χ4v) is 2.53. The lowest BCUT2D eigenvalue weighted by atomic mass is 10.1. The zero-order valence-corrected chi connectivity index (χ0v) is 11.1. The van der Waals surface area contributed by atoms with Gasteiger partial charge in [0.25, 0.3) is 0 Å². The molecule has 0 aliphatic carbocycles. The van der Waals surface area contributed by atoms with Crippen LogP contribution >= 0.6 is 35.3 Å². The van der Waals surface area contributed by atoms with Crippen molar-refractivity contribution in [2.45, 2.75) is 13.3 Å². The molecule has 16 heavy (non-hydrogen) atoms. The SMILES string of the molecule is Cc1nc(N)sc1Cc1cccc(Cl)c1.Cl. The van der Waals surface area contributed by atoms with Crippen molar-refractivity contribution >= 4 is 40.5 Å². The number of anilines is 1. The predicted molar refractivity (Wildman–Crippen MR) is 72.8 cm³/mol. The highest BCUT2D eigenvalue weighted by molar-refractivity contribution is 7.15. The van der Waals surface area contributed by atoms with Gasteiger partial charge in [-0.1, -0.05) is 23.7 Å². The summed E-state index contributed by atoms with van der Waals surface area (Å²) in [5.41, 5.74) is 7.84. The lowest BCUT2D eigenvalue weighted by molar-refractivity contribution is 1.15. The number of hydrogen-bond donors (Lipinski definition) is 1. The third kappa shape index (κ3) is 3.11. The van der Waals surface area contributed by atoms with E-state index in [9.17, 15) is 0 Å². The van der Waals surface area contributed by atoms with Gasteiger partial charge in [0.15, 0.2) is 5.13 Å². The lowest BCUT2D eigenvalue weighted by Gasteiger charge is -1.99. The molecule has 1 aromatic carbocycles. The van der Waals surface area contributed by atoms with Crippen LogP contribution in [0, 0.1) is 6.92 Å². The lowest BCUT2D eigenvalue weighted by Crippen LogP contribution is -1.87. The Morgan fingerprint density at radius 2 is 2.19 bits per heavy atom. The molecule has 0 radical (unpaired) electrons. The summed E-state index contributed by atoms with van der Waals surface area (Å²) in [5, 5.41) is 1.40. The van der Waals surface area contributed by atoms with Crippen LogP contribution in [0.1, 0.15) is 16.1 Å². The Morgan fingerprint density at radius 3 is 2.75 bits per heavy atom. The van der Waals surface area contributed by atoms with Crippen LogP contribution in [0.15, 0.2) is 24.3 Å². The Balaban J connectivity index is 0.00000128. The second-order valence-electron chi connectivity index (χ2n) is 3.37. The minimum Gasteiger partial charge on any atom is -0.375 e. The molecule has 0 fully saturated rings. The van der Waals surface area contributed by atoms with Crippen molar-refractivity contribution in [1.29, 1.82) is 0 Å². The van der Waals surface area contributed by atoms with Gasteiger partial charge < -0.3 is 5.73 Å². The van der Waals surface area contributed by atoms with Gasteiger partial charge in [-0.2, -0.15) is 0 Å². The van der Waals surface area contributed by atoms with E-state index in [4.69, 9.17) is 17.3 Å². The average molecular weight is 275 g/mol. The van der Waals surface area contributed by atoms with Gasteiger partial charge >= 0.3 is 0 Å². The van der Waals surface area contributed by atoms with Gasteiger partial charge in [0.1, 0.15) is 0 Å². The summed E-state index contributed by atoms with van der Waals surface area (Å²) in [6, 6.07) is 7.86. The minimum absolute atomic E-state index is 0. The highest BCUT2D eigenvalue weighted by Gasteiger charge is 2.06. The van der Waals surface area contributed by atoms with Crippen LogP contribution in [0.3, 0.4) is 0 Å². The van der Waals surface area contributed by atoms with Crippen LogP contribution in [0.25, 0.3) is 0 Å². The molecule has 0 atom stereocenters. The van der Waals surface area contributed by atoms with E-state index in [0.29, 0.717) is 5.13 Å². The number of aryl methyl sites for hydroxylation is 1. The molecule has 0 spiro atoms. The first-order valence-corrected chi connectivity index (χ1v) is 5.81. The molecule has 1 heterocycles. The monoisotopic (exact) mass is 274 g/mol. The molecular formula is C11H12Cl2N2S. The predicted octanol–water partition coefficient (Wildman–Crippen LogP) is 3.70. The number of aromatic nitrogens is 1. The highest BCUT2D eigenvalue weighted by atomic mass is 35.5. The number of halogens is 2. The molecule has 2 aromatic rings. The van der Waals surface area contributed by atoms with Crippen LogP contribution in [0.2, 0.25) is 5.02 Å². The first-order valence-electron chi connectivity index (χ1n) is 4.61. The van der Waals surface area contributed by atoms with Crippen molar-refractivity contribution in [3.8, 4) is 0 Å². The zero-order valence-electron chi connectivity index (χ0n) is 8.74. The Bertz CT molecular complexity index is 483. The molecule has 86 valence electrons. The molecule has 0 bridgehead atoms. The largest absolute Gasteiger partial charge is 0.375 e. The van der Waals surface area contributed by atoms with E-state index < -0.39 is 0 Å². The Hall–Kier alpha value is -0.770. The number of benzene rings is 1. The zero-order chi connectivity index (χ0) is 10.8. The fourth-order valence-electron chi connectivity index (χ4n) is 1.45. The summed E-state index contributed by atoms with van der Waals surface area (Å²) in [4.78, 5) is 5.40. The summed E-state index contributed by atoms with van der Waals surface area (Å²) >= 11 is 7.46. The van der Waals surface area contributed by atoms with E-state index >= 15 is 0 Å². The fraction of sp³-hybridized carbons (Fsp3) is 0.182. The molecule has 0 aliphatic heterocycles. The molecule has 2 nitrogen and oxygen atoms in total. The molecule has 0 aliphatic rings. The van der Waals surface area contributed by atoms with Gasteiger partial charge in [0.05, 0.1) is 5.69 Å². The van der Waals surface area contributed by atoms with E-state index in [2.05, 4.69) is 11.1 Å². The Kier molecular flexibility index (Phi) is 4.59. The van der Waals surface area contributed by atoms with Crippen molar-refractivity contribution < 1.29 is 0 Å². The molecule has 5 heteroatoms. The second kappa shape index (κ2) is 5.53. The molecule has 0 saturated heterocycles. The number of nitrogens with two attached hydrogens (primary N) is 1. The van der Waals surface area contributed by atoms with E-state index in [1.165, 1.54) is 21.8 Å². The first-order chi connectivity index (χ1) is 7.15. The van der Waals surface area contributed by atoms with Gasteiger partial charge in [-0.3, -0.25) is 0 Å². The summed E-state index contributed by atoms with van der Waals surface area (Å²) in [6.07, 6.45) is 0.848. The van der Waals surface area contributed by atoms with Crippen LogP contribution in [0.5, 0.6) is 0 Å². The third-order valence-electron chi connectivity index (χ3n) is 2.16. The van der Waals surface area contributed by atoms with Crippen molar-refractivity contribution in [3.63, 3.8) is 0 Å². The quantitative estimate of drug-likeness (QED) is 0.907. The van der Waals surface area contributed by atoms with Gasteiger partial charge in [-0.25, -0.2) is 4.98 Å². The standard InChI is InChI=1S/C11H11ClN2S.ClH/c1-7-10(15-11(13)14-7)6-8-3-2-4-9(12)5-8;/h2-5H,6H2,1H3,(H2,13,14);1H. The number of rotatable bonds is 2. The average Bonchev–Trinajstić information content (AvgIpc) is 2.45. The molecule has 0 unspecified atom stereocenters. The molecule has 0 saturated carbocycles. The van der Waals surface area contributed by atoms with Crippen LogP contribution in [0.4, 0.5) is 5.13 Å². The Labute approximate surface area is 110 Å². The number of nitrogens with zero attached hydrogens (tertiary/aromatic N) is 1. The summed E-state index contributed by atoms with van der Waals surface area (Å²) in [6.45, 7) is 1.98. The first kappa shape index (κ1) is 13.3. The minimum atomic E-state index is 0. The molecular weight excluding hydrogens is 263 g/mol. The molecule has 2 N–H and O–H groups in total. The Morgan fingerprint density at radius 1 is 1.44 bits per heavy atom. The highest BCUT2D eigenvalue weighted by Crippen LogP contribution is 2.23. The number of hydrogen-bond acceptors (Lipinski definition) is 3. The van der Waals surface area contributed by atoms with Crippen LogP contribution in [-0.4, -0.2) is 4.98 Å². The van der Waals surface area contributed by atoms with Gasteiger partial charge in [0.2, 0.25) is 0 Å². The number of thiazole rings is 1. The third-order valence-corrected chi connectivity index (χ3v) is 3.38. The van der Waals surface area contributed by atoms with Gasteiger partial charge in [0, 0.05) is 16.3 Å². The van der Waals surface area contributed by atoms with Crippen LogP contribution in [-0.2, 0) is 6.42 Å². The van der Waals surface area contributed by atoms with Crippen molar-refractivity contribution in [3.05, 3.63) is 45.4 Å². The maximum Gasteiger partial charge on any atom is 0.180 e. The van der Waals surface area contributed by atoms with Gasteiger partial charge in [-0.05, 0) is 24.6 Å². The maximum atomic E-state index is 5.92. The van der Waals surface area contributed by atoms with E-state index in [0.717, 1.165) is 17.1 Å². The summed E-state index contributed by atoms with van der Waals surface area (Å²) in [7, 11) is 0. The van der Waals surface area contributed by atoms with E-state index in [1.807, 2.05) is 25.1 Å². The van der Waals surface area contributed by atoms with Crippen molar-refractivity contribution in [1.82, 2.24) is 4.98 Å². The molecule has 2 rings (SSSR count). The smallest absolute Gasteiger partial charge is 0.180 e. The molecule has 1 aromatic heterocycles. The topological polar surface area (TPSA) is 38.9 Å². The summed E-state index contributed by atoms with van der Waals surface area (Å²) < 4.78 is 0. The maximum absolute atomic E-state index is 5.92. The number of nitrogen functional groups attached to an aromatic ring is 1. The van der Waals surface area contributed by atoms with Crippen molar-refractivity contribution in [2.75, 3.05) is 5.73 Å². The van der Waals surface area contributed by atoms with Crippen molar-refractivity contribution in [2.24, 2.45) is 0 Å². The summed E-state index contributed by atoms with van der Waals surface area (Å²) in [5.74, 6) is 0. The van der Waals surface area contributed by atoms with Gasteiger partial charge in [-0.15, -0.1) is 23.7 Å². The second-order valence-corrected chi connectivity index (χ2v) is 4.92. The van der Waals surface area contributed by atoms with Crippen LogP contribution < -0.4 is 5.73 Å². The van der Waals surface area contributed by atoms with E-state index in [1.54, 1.807) is 0 Å². The normalized spacial score (nSPS) is 9.88.